The molecule has 4 rings (SSSR count). The van der Waals surface area contributed by atoms with E-state index in [9.17, 15) is 19.2 Å². The highest BCUT2D eigenvalue weighted by Crippen LogP contribution is 2.27. The van der Waals surface area contributed by atoms with Crippen LogP contribution in [0, 0.1) is 0 Å². The lowest BCUT2D eigenvalue weighted by molar-refractivity contribution is 0.0369. The van der Waals surface area contributed by atoms with Crippen LogP contribution < -0.4 is 5.19 Å². The smallest absolute Gasteiger partial charge is 0.339 e. The Labute approximate surface area is 272 Å². The fraction of sp³-hybridized carbons (Fsp3) is 0.351. The predicted molar refractivity (Wildman–Crippen MR) is 184 cm³/mol. The van der Waals surface area contributed by atoms with Crippen molar-refractivity contribution in [1.82, 2.24) is 0 Å². The van der Waals surface area contributed by atoms with Crippen molar-refractivity contribution in [2.24, 2.45) is 0 Å². The molecule has 0 atom stereocenters. The van der Waals surface area contributed by atoms with Gasteiger partial charge in [-0.1, -0.05) is 68.2 Å². The molecule has 9 heteroatoms. The van der Waals surface area contributed by atoms with E-state index in [4.69, 9.17) is 18.9 Å². The first-order valence-corrected chi connectivity index (χ1v) is 19.0. The van der Waals surface area contributed by atoms with Crippen molar-refractivity contribution in [3.05, 3.63) is 89.0 Å². The van der Waals surface area contributed by atoms with Gasteiger partial charge in [0.05, 0.1) is 55.7 Å². The van der Waals surface area contributed by atoms with E-state index in [2.05, 4.69) is 19.6 Å². The topological polar surface area (TPSA) is 105 Å². The van der Waals surface area contributed by atoms with Gasteiger partial charge in [-0.05, 0) is 86.5 Å². The summed E-state index contributed by atoms with van der Waals surface area (Å²) in [5.74, 6) is -1.48. The molecule has 0 aliphatic heterocycles. The van der Waals surface area contributed by atoms with E-state index in [1.165, 1.54) is 0 Å². The van der Waals surface area contributed by atoms with Crippen LogP contribution in [0.4, 0.5) is 0 Å². The van der Waals surface area contributed by atoms with Gasteiger partial charge in [-0.2, -0.15) is 0 Å². The van der Waals surface area contributed by atoms with Gasteiger partial charge in [-0.3, -0.25) is 0 Å². The van der Waals surface area contributed by atoms with Crippen molar-refractivity contribution < 1.29 is 38.1 Å². The molecule has 0 fully saturated rings. The maximum atomic E-state index is 12.7. The Morgan fingerprint density at radius 1 is 0.565 bits per heavy atom. The average Bonchev–Trinajstić information content (AvgIpc) is 2.99. The molecule has 0 N–H and O–H groups in total. The molecule has 4 aromatic rings. The zero-order valence-corrected chi connectivity index (χ0v) is 29.2. The van der Waals surface area contributed by atoms with Crippen LogP contribution in [0.25, 0.3) is 21.5 Å². The second-order valence-corrected chi connectivity index (χ2v) is 17.2. The summed E-state index contributed by atoms with van der Waals surface area (Å²) in [7, 11) is -1.91. The maximum absolute atomic E-state index is 12.7. The molecule has 4 aromatic carbocycles. The van der Waals surface area contributed by atoms with Crippen LogP contribution in [-0.4, -0.2) is 57.4 Å². The van der Waals surface area contributed by atoms with Crippen molar-refractivity contribution >= 4 is 58.7 Å². The normalized spacial score (nSPS) is 11.2. The number of hydrogen-bond donors (Lipinski definition) is 0. The summed E-state index contributed by atoms with van der Waals surface area (Å²) < 4.78 is 21.0. The molecule has 0 spiro atoms. The standard InChI is InChI=1S/C20H26O4Si.C17H18O4/c1-7-23-20(22)18-15-11-9-8-10-14(15)16(19(21)24-13(2)3)12-17(18)25(4,5)6;1-4-20-16(18)14-9-10-15(17(19)21-11(2)3)13-8-6-5-7-12(13)14/h8-13H,7H2,1-6H3;5-11H,4H2,1-3H3. The second-order valence-electron chi connectivity index (χ2n) is 12.2. The van der Waals surface area contributed by atoms with Crippen LogP contribution in [-0.2, 0) is 18.9 Å². The van der Waals surface area contributed by atoms with Crippen LogP contribution in [0.1, 0.15) is 83.0 Å². The summed E-state index contributed by atoms with van der Waals surface area (Å²) in [5.41, 5.74) is 1.99. The van der Waals surface area contributed by atoms with E-state index in [0.717, 1.165) is 16.0 Å². The zero-order valence-electron chi connectivity index (χ0n) is 28.2. The minimum absolute atomic E-state index is 0.194. The fourth-order valence-electron chi connectivity index (χ4n) is 4.98. The minimum atomic E-state index is -1.91. The van der Waals surface area contributed by atoms with Gasteiger partial charge < -0.3 is 18.9 Å². The Morgan fingerprint density at radius 2 is 0.957 bits per heavy atom. The predicted octanol–water partition coefficient (Wildman–Crippen LogP) is 7.71. The Balaban J connectivity index is 0.000000254. The lowest BCUT2D eigenvalue weighted by atomic mass is 9.99. The third-order valence-electron chi connectivity index (χ3n) is 6.88. The van der Waals surface area contributed by atoms with Crippen molar-refractivity contribution in [2.75, 3.05) is 13.2 Å². The van der Waals surface area contributed by atoms with Crippen LogP contribution in [0.5, 0.6) is 0 Å². The molecule has 0 aliphatic carbocycles. The number of hydrogen-bond acceptors (Lipinski definition) is 8. The molecule has 0 aliphatic rings. The van der Waals surface area contributed by atoms with Crippen molar-refractivity contribution in [1.29, 1.82) is 0 Å². The van der Waals surface area contributed by atoms with E-state index in [0.29, 0.717) is 46.2 Å². The van der Waals surface area contributed by atoms with Crippen LogP contribution >= 0.6 is 0 Å². The van der Waals surface area contributed by atoms with Gasteiger partial charge >= 0.3 is 23.9 Å². The number of ether oxygens (including phenoxy) is 4. The fourth-order valence-corrected chi connectivity index (χ4v) is 6.54. The molecular weight excluding hydrogens is 600 g/mol. The summed E-state index contributed by atoms with van der Waals surface area (Å²) in [5, 5.41) is 3.76. The van der Waals surface area contributed by atoms with E-state index >= 15 is 0 Å². The van der Waals surface area contributed by atoms with Gasteiger partial charge in [-0.15, -0.1) is 0 Å². The summed E-state index contributed by atoms with van der Waals surface area (Å²) in [6, 6.07) is 19.8. The molecule has 0 saturated carbocycles. The van der Waals surface area contributed by atoms with Crippen LogP contribution in [0.2, 0.25) is 19.6 Å². The third kappa shape index (κ3) is 8.60. The average molecular weight is 645 g/mol. The van der Waals surface area contributed by atoms with Gasteiger partial charge in [0.25, 0.3) is 0 Å². The summed E-state index contributed by atoms with van der Waals surface area (Å²) in [4.78, 5) is 49.4. The Bertz CT molecular complexity index is 1730. The van der Waals surface area contributed by atoms with E-state index < -0.39 is 20.0 Å². The number of carbonyl (C=O) groups is 4. The molecule has 0 saturated heterocycles. The molecule has 0 heterocycles. The lowest BCUT2D eigenvalue weighted by Gasteiger charge is -2.23. The van der Waals surface area contributed by atoms with Crippen LogP contribution in [0.3, 0.4) is 0 Å². The van der Waals surface area contributed by atoms with Crippen molar-refractivity contribution in [2.45, 2.75) is 73.4 Å². The highest BCUT2D eigenvalue weighted by atomic mass is 28.3. The van der Waals surface area contributed by atoms with Gasteiger partial charge in [0.1, 0.15) is 0 Å². The monoisotopic (exact) mass is 644 g/mol. The molecule has 0 unspecified atom stereocenters. The van der Waals surface area contributed by atoms with Gasteiger partial charge in [-0.25, -0.2) is 19.2 Å². The summed E-state index contributed by atoms with van der Waals surface area (Å²) in [6.45, 7) is 17.9. The summed E-state index contributed by atoms with van der Waals surface area (Å²) in [6.07, 6.45) is -0.396. The molecule has 0 radical (unpaired) electrons. The van der Waals surface area contributed by atoms with Crippen molar-refractivity contribution in [3.63, 3.8) is 0 Å². The first-order valence-electron chi connectivity index (χ1n) is 15.5. The number of carbonyl (C=O) groups excluding carboxylic acids is 4. The quantitative estimate of drug-likeness (QED) is 0.104. The molecule has 0 bridgehead atoms. The molecule has 0 aromatic heterocycles. The first-order chi connectivity index (χ1) is 21.7. The molecular formula is C37H44O8Si. The Hall–Kier alpha value is -4.50. The highest BCUT2D eigenvalue weighted by molar-refractivity contribution is 6.89. The molecule has 0 amide bonds. The van der Waals surface area contributed by atoms with Gasteiger partial charge in [0.15, 0.2) is 0 Å². The number of benzene rings is 4. The molecule has 46 heavy (non-hydrogen) atoms. The third-order valence-corrected chi connectivity index (χ3v) is 8.89. The largest absolute Gasteiger partial charge is 0.462 e. The summed E-state index contributed by atoms with van der Waals surface area (Å²) >= 11 is 0. The van der Waals surface area contributed by atoms with Crippen LogP contribution in [0.15, 0.2) is 66.7 Å². The second kappa shape index (κ2) is 15.7. The molecule has 8 nitrogen and oxygen atoms in total. The number of fused-ring (bicyclic) bond motifs is 2. The minimum Gasteiger partial charge on any atom is -0.462 e. The van der Waals surface area contributed by atoms with E-state index in [1.54, 1.807) is 52.0 Å². The first kappa shape index (κ1) is 36.0. The van der Waals surface area contributed by atoms with Crippen molar-refractivity contribution in [3.8, 4) is 0 Å². The Morgan fingerprint density at radius 3 is 1.39 bits per heavy atom. The highest BCUT2D eigenvalue weighted by Gasteiger charge is 2.29. The van der Waals surface area contributed by atoms with E-state index in [-0.39, 0.29) is 24.1 Å². The number of esters is 4. The zero-order chi connectivity index (χ0) is 34.2. The van der Waals surface area contributed by atoms with Gasteiger partial charge in [0.2, 0.25) is 0 Å². The lowest BCUT2D eigenvalue weighted by Crippen LogP contribution is -2.42. The SMILES string of the molecule is CCOC(=O)c1c([Si](C)(C)C)cc(C(=O)OC(C)C)c2ccccc12.CCOC(=O)c1ccc(C(=O)OC(C)C)c2ccccc12. The van der Waals surface area contributed by atoms with Gasteiger partial charge in [0, 0.05) is 0 Å². The number of rotatable bonds is 9. The molecule has 244 valence electrons. The van der Waals surface area contributed by atoms with E-state index in [1.807, 2.05) is 56.3 Å². The maximum Gasteiger partial charge on any atom is 0.339 e. The Kier molecular flexibility index (Phi) is 12.3.